The van der Waals surface area contributed by atoms with Crippen molar-refractivity contribution in [3.8, 4) is 0 Å². The van der Waals surface area contributed by atoms with Crippen LogP contribution >= 0.6 is 22.6 Å². The zero-order valence-corrected chi connectivity index (χ0v) is 12.5. The molecule has 0 amide bonds. The van der Waals surface area contributed by atoms with Gasteiger partial charge in [-0.2, -0.15) is 0 Å². The second-order valence-corrected chi connectivity index (χ2v) is 5.29. The summed E-state index contributed by atoms with van der Waals surface area (Å²) in [5, 5.41) is 3.57. The number of nitrogens with zero attached hydrogens (tertiary/aromatic N) is 1. The van der Waals surface area contributed by atoms with E-state index >= 15 is 0 Å². The summed E-state index contributed by atoms with van der Waals surface area (Å²) < 4.78 is 0.999. The average Bonchev–Trinajstić information content (AvgIpc) is 2.18. The first-order valence-electron chi connectivity index (χ1n) is 5.77. The van der Waals surface area contributed by atoms with Crippen molar-refractivity contribution < 1.29 is 0 Å². The SMILES string of the molecule is CCCCCC(C)(CN(C)CN)NCI. The summed E-state index contributed by atoms with van der Waals surface area (Å²) in [6.45, 7) is 6.20. The largest absolute Gasteiger partial charge is 0.318 e. The fourth-order valence-corrected chi connectivity index (χ4v) is 2.73. The number of nitrogens with two attached hydrogens (primary N) is 1. The predicted molar refractivity (Wildman–Crippen MR) is 76.3 cm³/mol. The van der Waals surface area contributed by atoms with E-state index in [1.807, 2.05) is 0 Å². The van der Waals surface area contributed by atoms with Crippen molar-refractivity contribution in [2.75, 3.05) is 24.8 Å². The third-order valence-corrected chi connectivity index (χ3v) is 3.14. The number of nitrogens with one attached hydrogen (secondary N) is 1. The monoisotopic (exact) mass is 327 g/mol. The molecule has 4 heteroatoms. The zero-order valence-electron chi connectivity index (χ0n) is 10.4. The summed E-state index contributed by atoms with van der Waals surface area (Å²) in [4.78, 5) is 2.17. The van der Waals surface area contributed by atoms with Gasteiger partial charge in [-0.3, -0.25) is 4.90 Å². The Morgan fingerprint density at radius 3 is 2.53 bits per heavy atom. The summed E-state index contributed by atoms with van der Waals surface area (Å²) in [7, 11) is 2.08. The Labute approximate surface area is 108 Å². The van der Waals surface area contributed by atoms with Crippen LogP contribution in [-0.2, 0) is 0 Å². The number of halogens is 1. The first-order chi connectivity index (χ1) is 7.08. The van der Waals surface area contributed by atoms with Gasteiger partial charge in [-0.1, -0.05) is 48.8 Å². The first kappa shape index (κ1) is 15.6. The highest BCUT2D eigenvalue weighted by atomic mass is 127. The lowest BCUT2D eigenvalue weighted by Gasteiger charge is -2.34. The molecule has 0 aromatic rings. The molecule has 0 radical (unpaired) electrons. The molecule has 0 aromatic heterocycles. The Hall–Kier alpha value is 0.610. The van der Waals surface area contributed by atoms with Crippen LogP contribution in [0.2, 0.25) is 0 Å². The molecule has 92 valence electrons. The minimum atomic E-state index is 0.213. The molecule has 0 rings (SSSR count). The number of unbranched alkanes of at least 4 members (excludes halogenated alkanes) is 2. The third kappa shape index (κ3) is 7.49. The quantitative estimate of drug-likeness (QED) is 0.224. The van der Waals surface area contributed by atoms with Crippen LogP contribution in [0.5, 0.6) is 0 Å². The fourth-order valence-electron chi connectivity index (χ4n) is 1.81. The topological polar surface area (TPSA) is 41.3 Å². The van der Waals surface area contributed by atoms with Gasteiger partial charge in [0.1, 0.15) is 0 Å². The molecule has 3 nitrogen and oxygen atoms in total. The molecule has 0 spiro atoms. The van der Waals surface area contributed by atoms with E-state index in [4.69, 9.17) is 5.73 Å². The normalized spacial score (nSPS) is 15.6. The Morgan fingerprint density at radius 1 is 1.40 bits per heavy atom. The van der Waals surface area contributed by atoms with Gasteiger partial charge in [0, 0.05) is 23.3 Å². The number of hydrogen-bond donors (Lipinski definition) is 2. The van der Waals surface area contributed by atoms with Crippen molar-refractivity contribution in [2.24, 2.45) is 5.73 Å². The van der Waals surface area contributed by atoms with E-state index in [9.17, 15) is 0 Å². The van der Waals surface area contributed by atoms with Crippen molar-refractivity contribution in [3.63, 3.8) is 0 Å². The molecule has 0 saturated heterocycles. The maximum atomic E-state index is 5.63. The molecule has 0 aliphatic carbocycles. The lowest BCUT2D eigenvalue weighted by Crippen LogP contribution is -2.51. The maximum Gasteiger partial charge on any atom is 0.0484 e. The van der Waals surface area contributed by atoms with Gasteiger partial charge in [0.2, 0.25) is 0 Å². The van der Waals surface area contributed by atoms with Crippen LogP contribution in [0, 0.1) is 0 Å². The number of alkyl halides is 1. The third-order valence-electron chi connectivity index (χ3n) is 2.76. The zero-order chi connectivity index (χ0) is 11.7. The van der Waals surface area contributed by atoms with Crippen molar-refractivity contribution in [1.82, 2.24) is 10.2 Å². The maximum absolute atomic E-state index is 5.63. The van der Waals surface area contributed by atoms with Crippen LogP contribution in [0.4, 0.5) is 0 Å². The minimum Gasteiger partial charge on any atom is -0.318 e. The molecule has 0 aliphatic heterocycles. The lowest BCUT2D eigenvalue weighted by atomic mass is 9.94. The Bertz CT molecular complexity index is 155. The van der Waals surface area contributed by atoms with Gasteiger partial charge in [0.15, 0.2) is 0 Å². The average molecular weight is 327 g/mol. The molecule has 0 saturated carbocycles. The van der Waals surface area contributed by atoms with Crippen molar-refractivity contribution in [1.29, 1.82) is 0 Å². The second-order valence-electron chi connectivity index (χ2n) is 4.52. The Morgan fingerprint density at radius 2 is 2.07 bits per heavy atom. The van der Waals surface area contributed by atoms with Gasteiger partial charge in [0.05, 0.1) is 0 Å². The molecular formula is C11H26IN3. The van der Waals surface area contributed by atoms with E-state index in [-0.39, 0.29) is 5.54 Å². The van der Waals surface area contributed by atoms with E-state index in [1.54, 1.807) is 0 Å². The summed E-state index contributed by atoms with van der Waals surface area (Å²) >= 11 is 2.37. The highest BCUT2D eigenvalue weighted by Crippen LogP contribution is 2.16. The van der Waals surface area contributed by atoms with E-state index in [0.717, 1.165) is 11.1 Å². The van der Waals surface area contributed by atoms with E-state index in [1.165, 1.54) is 25.7 Å². The van der Waals surface area contributed by atoms with Crippen LogP contribution < -0.4 is 11.1 Å². The molecule has 0 heterocycles. The van der Waals surface area contributed by atoms with Crippen molar-refractivity contribution in [2.45, 2.75) is 45.1 Å². The van der Waals surface area contributed by atoms with Crippen LogP contribution in [0.3, 0.4) is 0 Å². The molecule has 0 fully saturated rings. The summed E-state index contributed by atoms with van der Waals surface area (Å²) in [5.74, 6) is 0. The fraction of sp³-hybridized carbons (Fsp3) is 1.00. The smallest absolute Gasteiger partial charge is 0.0484 e. The number of rotatable bonds is 9. The summed E-state index contributed by atoms with van der Waals surface area (Å²) in [6, 6.07) is 0. The summed E-state index contributed by atoms with van der Waals surface area (Å²) in [5.41, 5.74) is 5.84. The predicted octanol–water partition coefficient (Wildman–Crippen LogP) is 2.16. The van der Waals surface area contributed by atoms with Crippen molar-refractivity contribution >= 4 is 22.6 Å². The first-order valence-corrected chi connectivity index (χ1v) is 7.30. The van der Waals surface area contributed by atoms with Crippen LogP contribution in [0.15, 0.2) is 0 Å². The lowest BCUT2D eigenvalue weighted by molar-refractivity contribution is 0.218. The van der Waals surface area contributed by atoms with Crippen molar-refractivity contribution in [3.05, 3.63) is 0 Å². The van der Waals surface area contributed by atoms with Gasteiger partial charge in [-0.25, -0.2) is 0 Å². The van der Waals surface area contributed by atoms with Gasteiger partial charge in [-0.15, -0.1) is 0 Å². The van der Waals surface area contributed by atoms with Gasteiger partial charge in [-0.05, 0) is 20.4 Å². The molecule has 0 aliphatic rings. The van der Waals surface area contributed by atoms with E-state index < -0.39 is 0 Å². The molecule has 0 aromatic carbocycles. The Balaban J connectivity index is 4.05. The summed E-state index contributed by atoms with van der Waals surface area (Å²) in [6.07, 6.45) is 5.14. The van der Waals surface area contributed by atoms with E-state index in [0.29, 0.717) is 6.67 Å². The standard InChI is InChI=1S/C11H26IN3/c1-4-5-6-7-11(2,14-9-12)8-15(3)10-13/h14H,4-10,13H2,1-3H3. The molecule has 3 N–H and O–H groups in total. The van der Waals surface area contributed by atoms with Crippen LogP contribution in [-0.4, -0.2) is 35.3 Å². The number of likely N-dealkylation sites (N-methyl/N-ethyl adjacent to an activating group) is 1. The molecule has 15 heavy (non-hydrogen) atoms. The van der Waals surface area contributed by atoms with Crippen LogP contribution in [0.25, 0.3) is 0 Å². The van der Waals surface area contributed by atoms with Gasteiger partial charge in [0.25, 0.3) is 0 Å². The Kier molecular flexibility index (Phi) is 9.08. The second kappa shape index (κ2) is 8.73. The van der Waals surface area contributed by atoms with Crippen LogP contribution in [0.1, 0.15) is 39.5 Å². The molecule has 0 bridgehead atoms. The highest BCUT2D eigenvalue weighted by molar-refractivity contribution is 14.1. The molecule has 1 atom stereocenters. The number of hydrogen-bond acceptors (Lipinski definition) is 3. The molecule has 1 unspecified atom stereocenters. The highest BCUT2D eigenvalue weighted by Gasteiger charge is 2.23. The minimum absolute atomic E-state index is 0.213. The van der Waals surface area contributed by atoms with E-state index in [2.05, 4.69) is 53.7 Å². The van der Waals surface area contributed by atoms with Gasteiger partial charge < -0.3 is 11.1 Å². The molecular weight excluding hydrogens is 301 g/mol. The van der Waals surface area contributed by atoms with Gasteiger partial charge >= 0.3 is 0 Å².